The lowest BCUT2D eigenvalue weighted by molar-refractivity contribution is -0.138. The summed E-state index contributed by atoms with van der Waals surface area (Å²) in [6.07, 6.45) is -9.31. The van der Waals surface area contributed by atoms with E-state index in [-0.39, 0.29) is 16.9 Å². The number of ketones is 2. The number of allylic oxidation sites excluding steroid dienone is 2. The molecule has 0 radical (unpaired) electrons. The number of anilines is 2. The first-order chi connectivity index (χ1) is 15.2. The molecule has 174 valence electrons. The smallest absolute Gasteiger partial charge is 0.351 e. The topological polar surface area (TPSA) is 58.2 Å². The normalized spacial score (nSPS) is 15.3. The molecule has 0 spiro atoms. The zero-order valence-corrected chi connectivity index (χ0v) is 17.9. The summed E-state index contributed by atoms with van der Waals surface area (Å²) in [5, 5.41) is 3.38. The second-order valence-corrected chi connectivity index (χ2v) is 7.60. The number of carbonyl (C=O) groups is 2. The molecule has 0 atom stereocenters. The number of rotatable bonds is 4. The maximum Gasteiger partial charge on any atom is 0.416 e. The van der Waals surface area contributed by atoms with E-state index in [2.05, 4.69) is 10.6 Å². The molecule has 0 heterocycles. The van der Waals surface area contributed by atoms with Gasteiger partial charge in [0.05, 0.1) is 11.1 Å². The zero-order chi connectivity index (χ0) is 24.7. The van der Waals surface area contributed by atoms with Gasteiger partial charge in [0, 0.05) is 11.4 Å². The van der Waals surface area contributed by atoms with Gasteiger partial charge in [-0.2, -0.15) is 26.3 Å². The van der Waals surface area contributed by atoms with E-state index in [9.17, 15) is 35.9 Å². The monoisotopic (exact) mass is 508 g/mol. The Kier molecular flexibility index (Phi) is 6.54. The van der Waals surface area contributed by atoms with E-state index in [1.54, 1.807) is 0 Å². The van der Waals surface area contributed by atoms with Gasteiger partial charge in [-0.25, -0.2) is 0 Å². The van der Waals surface area contributed by atoms with Crippen molar-refractivity contribution in [3.63, 3.8) is 0 Å². The molecule has 0 aliphatic heterocycles. The predicted molar refractivity (Wildman–Crippen MR) is 111 cm³/mol. The second kappa shape index (κ2) is 8.75. The molecule has 2 aromatic carbocycles. The van der Waals surface area contributed by atoms with Gasteiger partial charge >= 0.3 is 12.4 Å². The zero-order valence-electron chi connectivity index (χ0n) is 16.4. The van der Waals surface area contributed by atoms with Gasteiger partial charge in [0.1, 0.15) is 21.5 Å². The Balaban J connectivity index is 1.94. The number of hydrogen-bond acceptors (Lipinski definition) is 4. The molecule has 2 aromatic rings. The van der Waals surface area contributed by atoms with Crippen LogP contribution in [0.5, 0.6) is 0 Å². The Bertz CT molecular complexity index is 1220. The fourth-order valence-corrected chi connectivity index (χ4v) is 3.45. The number of carbonyl (C=O) groups excluding carboxylic acids is 2. The summed E-state index contributed by atoms with van der Waals surface area (Å²) in [7, 11) is 0. The number of halogens is 8. The van der Waals surface area contributed by atoms with Crippen LogP contribution >= 0.6 is 23.2 Å². The SMILES string of the molecule is Cc1c(NC2=C(Cl)C(=O)C(Nc3cccc(C(F)(F)F)c3)=C(Cl)C2=O)cccc1C(F)(F)F. The molecular formula is C21H12Cl2F6N2O2. The molecule has 0 fully saturated rings. The van der Waals surface area contributed by atoms with Gasteiger partial charge in [-0.05, 0) is 42.8 Å². The Morgan fingerprint density at radius 3 is 1.85 bits per heavy atom. The summed E-state index contributed by atoms with van der Waals surface area (Å²) in [5.74, 6) is -2.07. The number of hydrogen-bond donors (Lipinski definition) is 2. The van der Waals surface area contributed by atoms with Crippen molar-refractivity contribution in [2.45, 2.75) is 19.3 Å². The Hall–Kier alpha value is -2.98. The first kappa shape index (κ1) is 24.7. The molecule has 4 nitrogen and oxygen atoms in total. The molecular weight excluding hydrogens is 497 g/mol. The van der Waals surface area contributed by atoms with E-state index in [0.717, 1.165) is 31.2 Å². The molecule has 3 rings (SSSR count). The number of nitrogens with one attached hydrogen (secondary N) is 2. The summed E-state index contributed by atoms with van der Waals surface area (Å²) in [5.41, 5.74) is -3.70. The minimum atomic E-state index is -4.66. The third-order valence-corrected chi connectivity index (χ3v) is 5.37. The number of Topliss-reactive ketones (excluding diaryl/α,β-unsaturated/α-hetero) is 2. The lowest BCUT2D eigenvalue weighted by Crippen LogP contribution is -2.27. The van der Waals surface area contributed by atoms with E-state index < -0.39 is 56.5 Å². The lowest BCUT2D eigenvalue weighted by Gasteiger charge is -2.22. The average molecular weight is 509 g/mol. The molecule has 0 aromatic heterocycles. The summed E-state index contributed by atoms with van der Waals surface area (Å²) in [6, 6.07) is 6.98. The highest BCUT2D eigenvalue weighted by Gasteiger charge is 2.36. The van der Waals surface area contributed by atoms with Gasteiger partial charge in [-0.15, -0.1) is 0 Å². The maximum absolute atomic E-state index is 13.2. The van der Waals surface area contributed by atoms with Crippen LogP contribution in [0, 0.1) is 6.92 Å². The van der Waals surface area contributed by atoms with Crippen molar-refractivity contribution in [1.29, 1.82) is 0 Å². The van der Waals surface area contributed by atoms with Crippen LogP contribution in [0.25, 0.3) is 0 Å². The summed E-state index contributed by atoms with van der Waals surface area (Å²) in [4.78, 5) is 25.4. The van der Waals surface area contributed by atoms with Crippen LogP contribution < -0.4 is 10.6 Å². The highest BCUT2D eigenvalue weighted by Crippen LogP contribution is 2.37. The molecule has 12 heteroatoms. The molecule has 0 bridgehead atoms. The van der Waals surface area contributed by atoms with Gasteiger partial charge in [0.2, 0.25) is 11.6 Å². The quantitative estimate of drug-likeness (QED) is 0.360. The van der Waals surface area contributed by atoms with Crippen LogP contribution in [0.1, 0.15) is 16.7 Å². The summed E-state index contributed by atoms with van der Waals surface area (Å²) < 4.78 is 78.2. The second-order valence-electron chi connectivity index (χ2n) is 6.84. The maximum atomic E-state index is 13.2. The fourth-order valence-electron chi connectivity index (χ4n) is 3.00. The molecule has 1 aliphatic carbocycles. The predicted octanol–water partition coefficient (Wildman–Crippen LogP) is 6.61. The van der Waals surface area contributed by atoms with E-state index in [0.29, 0.717) is 6.07 Å². The van der Waals surface area contributed by atoms with Gasteiger partial charge in [-0.3, -0.25) is 9.59 Å². The first-order valence-corrected chi connectivity index (χ1v) is 9.74. The van der Waals surface area contributed by atoms with Crippen LogP contribution in [0.3, 0.4) is 0 Å². The van der Waals surface area contributed by atoms with E-state index in [1.165, 1.54) is 12.1 Å². The molecule has 0 unspecified atom stereocenters. The van der Waals surface area contributed by atoms with E-state index in [1.807, 2.05) is 0 Å². The van der Waals surface area contributed by atoms with Crippen LogP contribution in [-0.4, -0.2) is 11.6 Å². The largest absolute Gasteiger partial charge is 0.416 e. The van der Waals surface area contributed by atoms with Crippen molar-refractivity contribution in [2.24, 2.45) is 0 Å². The Labute approximate surface area is 192 Å². The Morgan fingerprint density at radius 2 is 1.30 bits per heavy atom. The molecule has 2 N–H and O–H groups in total. The van der Waals surface area contributed by atoms with E-state index in [4.69, 9.17) is 23.2 Å². The molecule has 1 aliphatic rings. The van der Waals surface area contributed by atoms with Crippen molar-refractivity contribution >= 4 is 46.1 Å². The van der Waals surface area contributed by atoms with Crippen LogP contribution in [0.2, 0.25) is 0 Å². The highest BCUT2D eigenvalue weighted by molar-refractivity contribution is 6.56. The van der Waals surface area contributed by atoms with Crippen LogP contribution in [-0.2, 0) is 21.9 Å². The van der Waals surface area contributed by atoms with E-state index >= 15 is 0 Å². The van der Waals surface area contributed by atoms with Gasteiger partial charge in [0.15, 0.2) is 0 Å². The Morgan fingerprint density at radius 1 is 0.758 bits per heavy atom. The van der Waals surface area contributed by atoms with Crippen LogP contribution in [0.4, 0.5) is 37.7 Å². The van der Waals surface area contributed by atoms with Gasteiger partial charge in [0.25, 0.3) is 0 Å². The minimum absolute atomic E-state index is 0.141. The van der Waals surface area contributed by atoms with Crippen molar-refractivity contribution < 1.29 is 35.9 Å². The first-order valence-electron chi connectivity index (χ1n) is 8.99. The van der Waals surface area contributed by atoms with Crippen molar-refractivity contribution in [2.75, 3.05) is 10.6 Å². The van der Waals surface area contributed by atoms with Crippen molar-refractivity contribution in [3.8, 4) is 0 Å². The van der Waals surface area contributed by atoms with Crippen molar-refractivity contribution in [1.82, 2.24) is 0 Å². The van der Waals surface area contributed by atoms with Crippen molar-refractivity contribution in [3.05, 3.63) is 80.6 Å². The van der Waals surface area contributed by atoms with Gasteiger partial charge in [-0.1, -0.05) is 35.3 Å². The molecule has 0 amide bonds. The standard InChI is InChI=1S/C21H12Cl2F6N2O2/c1-9-12(21(27,28)29)6-3-7-13(9)31-17-15(23)18(32)16(14(22)19(17)33)30-11-5-2-4-10(8-11)20(24,25)26/h2-8,30-31H,1H3. The van der Waals surface area contributed by atoms with Gasteiger partial charge < -0.3 is 10.6 Å². The fraction of sp³-hybridized carbons (Fsp3) is 0.143. The molecule has 0 saturated carbocycles. The number of benzene rings is 2. The third-order valence-electron chi connectivity index (χ3n) is 4.65. The minimum Gasteiger partial charge on any atom is -0.351 e. The highest BCUT2D eigenvalue weighted by atomic mass is 35.5. The lowest BCUT2D eigenvalue weighted by atomic mass is 10.0. The summed E-state index contributed by atoms with van der Waals surface area (Å²) >= 11 is 12.0. The number of alkyl halides is 6. The summed E-state index contributed by atoms with van der Waals surface area (Å²) in [6.45, 7) is 1.16. The van der Waals surface area contributed by atoms with Crippen LogP contribution in [0.15, 0.2) is 63.9 Å². The molecule has 33 heavy (non-hydrogen) atoms. The third kappa shape index (κ3) is 5.01. The average Bonchev–Trinajstić information content (AvgIpc) is 2.73. The molecule has 0 saturated heterocycles.